The van der Waals surface area contributed by atoms with Gasteiger partial charge >= 0.3 is 0 Å². The van der Waals surface area contributed by atoms with Gasteiger partial charge in [0.05, 0.1) is 11.9 Å². The highest BCUT2D eigenvalue weighted by Gasteiger charge is 2.28. The number of anilines is 1. The number of aryl methyl sites for hydroxylation is 1. The third-order valence-corrected chi connectivity index (χ3v) is 6.70. The lowest BCUT2D eigenvalue weighted by Crippen LogP contribution is -2.48. The van der Waals surface area contributed by atoms with Gasteiger partial charge in [-0.25, -0.2) is 12.8 Å². The van der Waals surface area contributed by atoms with Gasteiger partial charge in [0.2, 0.25) is 21.8 Å². The van der Waals surface area contributed by atoms with E-state index in [1.165, 1.54) is 31.3 Å². The van der Waals surface area contributed by atoms with Crippen molar-refractivity contribution in [2.45, 2.75) is 45.7 Å². The molecule has 2 aromatic carbocycles. The van der Waals surface area contributed by atoms with E-state index in [-0.39, 0.29) is 37.7 Å². The molecule has 0 aromatic heterocycles. The minimum Gasteiger partial charge on any atom is -0.357 e. The lowest BCUT2D eigenvalue weighted by Gasteiger charge is -2.31. The van der Waals surface area contributed by atoms with E-state index < -0.39 is 21.9 Å². The molecule has 2 rings (SSSR count). The van der Waals surface area contributed by atoms with E-state index in [0.717, 1.165) is 21.7 Å². The third-order valence-electron chi connectivity index (χ3n) is 5.50. The maximum atomic E-state index is 13.3. The summed E-state index contributed by atoms with van der Waals surface area (Å²) in [5.41, 5.74) is 2.29. The Labute approximate surface area is 195 Å². The van der Waals surface area contributed by atoms with Gasteiger partial charge in [0.15, 0.2) is 0 Å². The Hall–Kier alpha value is -2.94. The van der Waals surface area contributed by atoms with Gasteiger partial charge in [-0.3, -0.25) is 13.9 Å². The fraction of sp³-hybridized carbons (Fsp3) is 0.417. The third kappa shape index (κ3) is 7.28. The molecule has 0 saturated carbocycles. The number of benzene rings is 2. The smallest absolute Gasteiger partial charge is 0.242 e. The number of nitrogens with zero attached hydrogens (tertiary/aromatic N) is 2. The first-order chi connectivity index (χ1) is 15.6. The summed E-state index contributed by atoms with van der Waals surface area (Å²) >= 11 is 0. The molecule has 1 N–H and O–H groups in total. The van der Waals surface area contributed by atoms with E-state index in [2.05, 4.69) is 5.32 Å². The average molecular weight is 478 g/mol. The van der Waals surface area contributed by atoms with Crippen LogP contribution in [0.15, 0.2) is 48.5 Å². The molecule has 0 heterocycles. The summed E-state index contributed by atoms with van der Waals surface area (Å²) in [4.78, 5) is 27.2. The SMILES string of the molecule is CC[C@H](C(=O)NC)N(Cc1ccccc1C)C(=O)CCCN(c1ccc(F)cc1)S(C)(=O)=O. The fourth-order valence-electron chi connectivity index (χ4n) is 3.67. The second-order valence-electron chi connectivity index (χ2n) is 7.90. The zero-order chi connectivity index (χ0) is 24.6. The molecule has 0 aliphatic heterocycles. The van der Waals surface area contributed by atoms with E-state index in [9.17, 15) is 22.4 Å². The molecule has 33 heavy (non-hydrogen) atoms. The lowest BCUT2D eigenvalue weighted by molar-refractivity contribution is -0.141. The summed E-state index contributed by atoms with van der Waals surface area (Å²) in [7, 11) is -2.08. The molecule has 0 fully saturated rings. The minimum atomic E-state index is -3.62. The Kier molecular flexibility index (Phi) is 9.40. The molecule has 0 aliphatic carbocycles. The van der Waals surface area contributed by atoms with Crippen molar-refractivity contribution in [2.75, 3.05) is 24.2 Å². The lowest BCUT2D eigenvalue weighted by atomic mass is 10.1. The molecule has 0 radical (unpaired) electrons. The second-order valence-corrected chi connectivity index (χ2v) is 9.81. The zero-order valence-electron chi connectivity index (χ0n) is 19.5. The monoisotopic (exact) mass is 477 g/mol. The summed E-state index contributed by atoms with van der Waals surface area (Å²) in [6.07, 6.45) is 1.83. The normalized spacial score (nSPS) is 12.2. The summed E-state index contributed by atoms with van der Waals surface area (Å²) in [6, 6.07) is 12.2. The number of carbonyl (C=O) groups excluding carboxylic acids is 2. The Bertz CT molecular complexity index is 1060. The number of likely N-dealkylation sites (N-methyl/N-ethyl adjacent to an activating group) is 1. The second kappa shape index (κ2) is 11.8. The molecule has 0 saturated heterocycles. The largest absolute Gasteiger partial charge is 0.357 e. The van der Waals surface area contributed by atoms with Gasteiger partial charge in [-0.1, -0.05) is 31.2 Å². The predicted molar refractivity (Wildman–Crippen MR) is 128 cm³/mol. The van der Waals surface area contributed by atoms with Crippen molar-refractivity contribution in [1.82, 2.24) is 10.2 Å². The van der Waals surface area contributed by atoms with Gasteiger partial charge in [-0.2, -0.15) is 0 Å². The Morgan fingerprint density at radius 1 is 1.09 bits per heavy atom. The van der Waals surface area contributed by atoms with Crippen LogP contribution in [0.3, 0.4) is 0 Å². The van der Waals surface area contributed by atoms with Gasteiger partial charge in [-0.05, 0) is 55.2 Å². The zero-order valence-corrected chi connectivity index (χ0v) is 20.4. The van der Waals surface area contributed by atoms with Crippen LogP contribution >= 0.6 is 0 Å². The molecule has 2 aromatic rings. The summed E-state index contributed by atoms with van der Waals surface area (Å²) in [5, 5.41) is 2.62. The van der Waals surface area contributed by atoms with E-state index >= 15 is 0 Å². The first-order valence-electron chi connectivity index (χ1n) is 10.9. The Morgan fingerprint density at radius 2 is 1.73 bits per heavy atom. The number of nitrogens with one attached hydrogen (secondary N) is 1. The van der Waals surface area contributed by atoms with Crippen molar-refractivity contribution in [1.29, 1.82) is 0 Å². The van der Waals surface area contributed by atoms with Gasteiger partial charge < -0.3 is 10.2 Å². The number of rotatable bonds is 11. The van der Waals surface area contributed by atoms with Gasteiger partial charge in [0.25, 0.3) is 0 Å². The van der Waals surface area contributed by atoms with Crippen LogP contribution in [0.5, 0.6) is 0 Å². The van der Waals surface area contributed by atoms with E-state index in [0.29, 0.717) is 12.1 Å². The summed E-state index contributed by atoms with van der Waals surface area (Å²) < 4.78 is 39.0. The molecular formula is C24H32FN3O4S. The summed E-state index contributed by atoms with van der Waals surface area (Å²) in [6.45, 7) is 4.14. The number of halogens is 1. The molecule has 2 amide bonds. The van der Waals surface area contributed by atoms with Crippen molar-refractivity contribution in [3.8, 4) is 0 Å². The standard InChI is InChI=1S/C24H32FN3O4S/c1-5-22(24(30)26-3)27(17-19-10-7-6-9-18(19)2)23(29)11-8-16-28(33(4,31)32)21-14-12-20(25)13-15-21/h6-7,9-10,12-15,22H,5,8,11,16-17H2,1-4H3,(H,26,30)/t22-/m1/s1. The van der Waals surface area contributed by atoms with Gasteiger partial charge in [0.1, 0.15) is 11.9 Å². The Morgan fingerprint density at radius 3 is 2.27 bits per heavy atom. The molecule has 0 unspecified atom stereocenters. The molecule has 9 heteroatoms. The first-order valence-corrected chi connectivity index (χ1v) is 12.7. The van der Waals surface area contributed by atoms with Crippen LogP contribution in [-0.4, -0.2) is 51.0 Å². The maximum absolute atomic E-state index is 13.3. The highest BCUT2D eigenvalue weighted by Crippen LogP contribution is 2.20. The van der Waals surface area contributed by atoms with E-state index in [1.54, 1.807) is 4.90 Å². The van der Waals surface area contributed by atoms with Crippen LogP contribution < -0.4 is 9.62 Å². The predicted octanol–water partition coefficient (Wildman–Crippen LogP) is 3.23. The van der Waals surface area contributed by atoms with E-state index in [1.807, 2.05) is 38.1 Å². The van der Waals surface area contributed by atoms with Crippen molar-refractivity contribution in [3.05, 3.63) is 65.5 Å². The topological polar surface area (TPSA) is 86.8 Å². The number of sulfonamides is 1. The molecule has 0 aliphatic rings. The molecule has 0 bridgehead atoms. The van der Waals surface area contributed by atoms with Crippen molar-refractivity contribution >= 4 is 27.5 Å². The summed E-state index contributed by atoms with van der Waals surface area (Å²) in [5.74, 6) is -0.946. The highest BCUT2D eigenvalue weighted by molar-refractivity contribution is 7.92. The fourth-order valence-corrected chi connectivity index (χ4v) is 4.63. The van der Waals surface area contributed by atoms with Crippen molar-refractivity contribution in [2.24, 2.45) is 0 Å². The minimum absolute atomic E-state index is 0.0607. The van der Waals surface area contributed by atoms with Crippen molar-refractivity contribution < 1.29 is 22.4 Å². The first kappa shape index (κ1) is 26.3. The van der Waals surface area contributed by atoms with Crippen LogP contribution in [0.2, 0.25) is 0 Å². The van der Waals surface area contributed by atoms with Crippen LogP contribution in [0.1, 0.15) is 37.3 Å². The van der Waals surface area contributed by atoms with E-state index in [4.69, 9.17) is 0 Å². The van der Waals surface area contributed by atoms with Crippen LogP contribution in [-0.2, 0) is 26.2 Å². The average Bonchev–Trinajstić information content (AvgIpc) is 2.77. The quantitative estimate of drug-likeness (QED) is 0.538. The molecule has 0 spiro atoms. The van der Waals surface area contributed by atoms with Crippen LogP contribution in [0, 0.1) is 12.7 Å². The number of hydrogen-bond acceptors (Lipinski definition) is 4. The van der Waals surface area contributed by atoms with Gasteiger partial charge in [-0.15, -0.1) is 0 Å². The molecule has 1 atom stereocenters. The van der Waals surface area contributed by atoms with Crippen LogP contribution in [0.25, 0.3) is 0 Å². The molecule has 180 valence electrons. The highest BCUT2D eigenvalue weighted by atomic mass is 32.2. The number of amides is 2. The number of hydrogen-bond donors (Lipinski definition) is 1. The number of carbonyl (C=O) groups is 2. The van der Waals surface area contributed by atoms with Crippen LogP contribution in [0.4, 0.5) is 10.1 Å². The maximum Gasteiger partial charge on any atom is 0.242 e. The van der Waals surface area contributed by atoms with Gasteiger partial charge in [0, 0.05) is 26.6 Å². The Balaban J connectivity index is 2.19. The molecular weight excluding hydrogens is 445 g/mol. The van der Waals surface area contributed by atoms with Crippen molar-refractivity contribution in [3.63, 3.8) is 0 Å². The molecule has 7 nitrogen and oxygen atoms in total.